The number of hydrogen-bond donors (Lipinski definition) is 2. The molecule has 0 bridgehead atoms. The highest BCUT2D eigenvalue weighted by Crippen LogP contribution is 2.19. The molecule has 2 aromatic carbocycles. The third kappa shape index (κ3) is 4.32. The number of benzene rings is 2. The van der Waals surface area contributed by atoms with E-state index in [0.717, 1.165) is 29.7 Å². The zero-order valence-corrected chi connectivity index (χ0v) is 16.9. The van der Waals surface area contributed by atoms with Gasteiger partial charge in [0.1, 0.15) is 0 Å². The molecule has 4 rings (SSSR count). The summed E-state index contributed by atoms with van der Waals surface area (Å²) in [5.41, 5.74) is 3.42. The van der Waals surface area contributed by atoms with E-state index in [2.05, 4.69) is 15.5 Å². The van der Waals surface area contributed by atoms with Crippen molar-refractivity contribution in [3.63, 3.8) is 0 Å². The molecule has 0 radical (unpaired) electrons. The molecule has 1 unspecified atom stereocenters. The van der Waals surface area contributed by atoms with Crippen molar-refractivity contribution in [2.24, 2.45) is 0 Å². The van der Waals surface area contributed by atoms with Gasteiger partial charge in [-0.1, -0.05) is 48.9 Å². The molecule has 2 N–H and O–H groups in total. The van der Waals surface area contributed by atoms with Crippen molar-refractivity contribution in [3.05, 3.63) is 65.8 Å². The third-order valence-electron chi connectivity index (χ3n) is 5.60. The SMILES string of the molecule is Cl.N=c1n(CCN2CCCCC2)c2ccccc2n1CC(O)c1ccccc1. The number of nitrogens with zero attached hydrogens (tertiary/aromatic N) is 3. The Bertz CT molecular complexity index is 944. The van der Waals surface area contributed by atoms with Gasteiger partial charge in [0.25, 0.3) is 0 Å². The topological polar surface area (TPSA) is 57.2 Å². The van der Waals surface area contributed by atoms with Crippen LogP contribution in [0, 0.1) is 5.41 Å². The minimum atomic E-state index is -0.623. The maximum Gasteiger partial charge on any atom is 0.203 e. The van der Waals surface area contributed by atoms with Gasteiger partial charge >= 0.3 is 0 Å². The number of rotatable bonds is 6. The Morgan fingerprint density at radius 1 is 0.821 bits per heavy atom. The molecule has 0 spiro atoms. The summed E-state index contributed by atoms with van der Waals surface area (Å²) in [5, 5.41) is 19.4. The minimum Gasteiger partial charge on any atom is -0.387 e. The van der Waals surface area contributed by atoms with Gasteiger partial charge in [0.15, 0.2) is 0 Å². The quantitative estimate of drug-likeness (QED) is 0.664. The van der Waals surface area contributed by atoms with Gasteiger partial charge in [-0.2, -0.15) is 0 Å². The van der Waals surface area contributed by atoms with Crippen LogP contribution < -0.4 is 5.62 Å². The second kappa shape index (κ2) is 9.41. The molecule has 1 aliphatic heterocycles. The molecule has 28 heavy (non-hydrogen) atoms. The standard InChI is InChI=1S/C22H28N4O.ClH/c23-22-25(16-15-24-13-7-2-8-14-24)19-11-5-6-12-20(19)26(22)17-21(27)18-9-3-1-4-10-18;/h1,3-6,9-12,21,23,27H,2,7-8,13-17H2;1H. The summed E-state index contributed by atoms with van der Waals surface area (Å²) in [4.78, 5) is 2.50. The number of halogens is 1. The van der Waals surface area contributed by atoms with Crippen LogP contribution in [0.2, 0.25) is 0 Å². The second-order valence-electron chi connectivity index (χ2n) is 7.40. The molecule has 0 amide bonds. The molecule has 1 atom stereocenters. The normalized spacial score (nSPS) is 16.0. The highest BCUT2D eigenvalue weighted by Gasteiger charge is 2.16. The van der Waals surface area contributed by atoms with E-state index < -0.39 is 6.10 Å². The fourth-order valence-electron chi connectivity index (χ4n) is 4.08. The highest BCUT2D eigenvalue weighted by atomic mass is 35.5. The molecule has 1 fully saturated rings. The van der Waals surface area contributed by atoms with E-state index >= 15 is 0 Å². The van der Waals surface area contributed by atoms with Crippen LogP contribution in [0.25, 0.3) is 11.0 Å². The number of aliphatic hydroxyl groups excluding tert-OH is 1. The Kier molecular flexibility index (Phi) is 6.94. The first-order valence-corrected chi connectivity index (χ1v) is 9.92. The Morgan fingerprint density at radius 3 is 2.11 bits per heavy atom. The van der Waals surface area contributed by atoms with Gasteiger partial charge in [-0.3, -0.25) is 5.41 Å². The zero-order valence-electron chi connectivity index (χ0n) is 16.1. The molecule has 2 heterocycles. The number of likely N-dealkylation sites (tertiary alicyclic amines) is 1. The van der Waals surface area contributed by atoms with Crippen molar-refractivity contribution in [2.75, 3.05) is 19.6 Å². The largest absolute Gasteiger partial charge is 0.387 e. The summed E-state index contributed by atoms with van der Waals surface area (Å²) in [5.74, 6) is 0. The van der Waals surface area contributed by atoms with Crippen LogP contribution >= 0.6 is 12.4 Å². The second-order valence-corrected chi connectivity index (χ2v) is 7.40. The lowest BCUT2D eigenvalue weighted by Crippen LogP contribution is -2.35. The van der Waals surface area contributed by atoms with Crippen LogP contribution in [-0.2, 0) is 13.1 Å². The van der Waals surface area contributed by atoms with E-state index in [-0.39, 0.29) is 12.4 Å². The average Bonchev–Trinajstić information content (AvgIpc) is 2.99. The lowest BCUT2D eigenvalue weighted by atomic mass is 10.1. The molecule has 0 aliphatic carbocycles. The van der Waals surface area contributed by atoms with Crippen LogP contribution in [0.5, 0.6) is 0 Å². The predicted octanol–water partition coefficient (Wildman–Crippen LogP) is 3.56. The molecule has 1 aromatic heterocycles. The Morgan fingerprint density at radius 2 is 1.43 bits per heavy atom. The van der Waals surface area contributed by atoms with Gasteiger partial charge in [0.05, 0.1) is 23.7 Å². The molecule has 6 heteroatoms. The minimum absolute atomic E-state index is 0. The first-order valence-electron chi connectivity index (χ1n) is 9.92. The van der Waals surface area contributed by atoms with Crippen molar-refractivity contribution in [1.82, 2.24) is 14.0 Å². The zero-order chi connectivity index (χ0) is 18.6. The van der Waals surface area contributed by atoms with Gasteiger partial charge in [-0.15, -0.1) is 12.4 Å². The summed E-state index contributed by atoms with van der Waals surface area (Å²) >= 11 is 0. The molecular formula is C22H29ClN4O. The van der Waals surface area contributed by atoms with E-state index in [0.29, 0.717) is 12.2 Å². The van der Waals surface area contributed by atoms with Crippen LogP contribution in [0.1, 0.15) is 30.9 Å². The first-order chi connectivity index (χ1) is 13.2. The van der Waals surface area contributed by atoms with Crippen LogP contribution in [0.15, 0.2) is 54.6 Å². The van der Waals surface area contributed by atoms with Crippen molar-refractivity contribution in [2.45, 2.75) is 38.5 Å². The fraction of sp³-hybridized carbons (Fsp3) is 0.409. The summed E-state index contributed by atoms with van der Waals surface area (Å²) in [6, 6.07) is 17.8. The number of aromatic nitrogens is 2. The molecular weight excluding hydrogens is 372 g/mol. The maximum atomic E-state index is 10.7. The van der Waals surface area contributed by atoms with Crippen molar-refractivity contribution in [1.29, 1.82) is 5.41 Å². The molecule has 150 valence electrons. The van der Waals surface area contributed by atoms with E-state index in [9.17, 15) is 5.11 Å². The van der Waals surface area contributed by atoms with Gasteiger partial charge in [-0.25, -0.2) is 0 Å². The van der Waals surface area contributed by atoms with Crippen LogP contribution in [-0.4, -0.2) is 38.8 Å². The average molecular weight is 401 g/mol. The highest BCUT2D eigenvalue weighted by molar-refractivity contribution is 5.85. The number of piperidine rings is 1. The van der Waals surface area contributed by atoms with E-state index in [1.807, 2.05) is 53.1 Å². The van der Waals surface area contributed by atoms with Crippen LogP contribution in [0.4, 0.5) is 0 Å². The third-order valence-corrected chi connectivity index (χ3v) is 5.60. The molecule has 0 saturated carbocycles. The molecule has 5 nitrogen and oxygen atoms in total. The number of aliphatic hydroxyl groups is 1. The van der Waals surface area contributed by atoms with Gasteiger partial charge in [-0.05, 0) is 43.6 Å². The number of fused-ring (bicyclic) bond motifs is 1. The Hall–Kier alpha value is -2.08. The van der Waals surface area contributed by atoms with Gasteiger partial charge < -0.3 is 19.1 Å². The summed E-state index contributed by atoms with van der Waals surface area (Å²) in [6.45, 7) is 4.51. The Labute approximate surface area is 172 Å². The van der Waals surface area contributed by atoms with E-state index in [1.54, 1.807) is 0 Å². The number of nitrogens with one attached hydrogen (secondary N) is 1. The monoisotopic (exact) mass is 400 g/mol. The number of hydrogen-bond acceptors (Lipinski definition) is 3. The lowest BCUT2D eigenvalue weighted by molar-refractivity contribution is 0.155. The first kappa shape index (κ1) is 20.6. The maximum absolute atomic E-state index is 10.7. The summed E-state index contributed by atoms with van der Waals surface area (Å²) < 4.78 is 4.02. The predicted molar refractivity (Wildman–Crippen MR) is 115 cm³/mol. The van der Waals surface area contributed by atoms with Gasteiger partial charge in [0.2, 0.25) is 5.62 Å². The van der Waals surface area contributed by atoms with Gasteiger partial charge in [0, 0.05) is 13.1 Å². The number of para-hydroxylation sites is 2. The molecule has 1 aliphatic rings. The Balaban J connectivity index is 0.00000225. The molecule has 3 aromatic rings. The summed E-state index contributed by atoms with van der Waals surface area (Å²) in [7, 11) is 0. The van der Waals surface area contributed by atoms with Crippen molar-refractivity contribution >= 4 is 23.4 Å². The fourth-order valence-corrected chi connectivity index (χ4v) is 4.08. The lowest BCUT2D eigenvalue weighted by Gasteiger charge is -2.26. The summed E-state index contributed by atoms with van der Waals surface area (Å²) in [6.07, 6.45) is 3.28. The van der Waals surface area contributed by atoms with E-state index in [1.165, 1.54) is 32.4 Å². The number of imidazole rings is 1. The van der Waals surface area contributed by atoms with E-state index in [4.69, 9.17) is 5.41 Å². The van der Waals surface area contributed by atoms with Crippen molar-refractivity contribution < 1.29 is 5.11 Å². The smallest absolute Gasteiger partial charge is 0.203 e. The van der Waals surface area contributed by atoms with Crippen LogP contribution in [0.3, 0.4) is 0 Å². The molecule has 1 saturated heterocycles. The van der Waals surface area contributed by atoms with Crippen molar-refractivity contribution in [3.8, 4) is 0 Å².